The molecule has 1 aromatic carbocycles. The number of benzene rings is 1. The molecule has 1 atom stereocenters. The summed E-state index contributed by atoms with van der Waals surface area (Å²) in [6, 6.07) is 2.41. The standard InChI is InChI=1S/C14H17Cl2FN2O/c1-9(13-10(15)4-5-11(17)14(13)16)18-8-12(20)19-6-2-3-7-19/h4-5,9,18H,2-3,6-8H2,1H3. The van der Waals surface area contributed by atoms with Gasteiger partial charge in [-0.3, -0.25) is 4.79 Å². The first-order chi connectivity index (χ1) is 9.50. The third-order valence-electron chi connectivity index (χ3n) is 3.53. The summed E-state index contributed by atoms with van der Waals surface area (Å²) in [6.07, 6.45) is 2.12. The molecule has 0 saturated carbocycles. The summed E-state index contributed by atoms with van der Waals surface area (Å²) in [4.78, 5) is 13.8. The third-order valence-corrected chi connectivity index (χ3v) is 4.24. The Bertz CT molecular complexity index is 504. The Morgan fingerprint density at radius 2 is 2.05 bits per heavy atom. The molecule has 3 nitrogen and oxygen atoms in total. The van der Waals surface area contributed by atoms with Crippen LogP contribution in [-0.4, -0.2) is 30.4 Å². The van der Waals surface area contributed by atoms with Crippen molar-refractivity contribution in [1.82, 2.24) is 10.2 Å². The van der Waals surface area contributed by atoms with Gasteiger partial charge in [-0.1, -0.05) is 23.2 Å². The number of carbonyl (C=O) groups excluding carboxylic acids is 1. The van der Waals surface area contributed by atoms with Gasteiger partial charge in [0.15, 0.2) is 0 Å². The van der Waals surface area contributed by atoms with Crippen LogP contribution in [0.15, 0.2) is 12.1 Å². The first kappa shape index (κ1) is 15.5. The number of carbonyl (C=O) groups is 1. The zero-order chi connectivity index (χ0) is 14.7. The summed E-state index contributed by atoms with van der Waals surface area (Å²) >= 11 is 12.0. The van der Waals surface area contributed by atoms with Crippen LogP contribution in [0.25, 0.3) is 0 Å². The van der Waals surface area contributed by atoms with Gasteiger partial charge in [-0.15, -0.1) is 0 Å². The van der Waals surface area contributed by atoms with Crippen molar-refractivity contribution in [3.63, 3.8) is 0 Å². The highest BCUT2D eigenvalue weighted by molar-refractivity contribution is 6.36. The molecule has 1 saturated heterocycles. The summed E-state index contributed by atoms with van der Waals surface area (Å²) in [5.41, 5.74) is 0.488. The molecule has 110 valence electrons. The summed E-state index contributed by atoms with van der Waals surface area (Å²) in [5.74, 6) is -0.455. The molecule has 0 bridgehead atoms. The van der Waals surface area contributed by atoms with Gasteiger partial charge >= 0.3 is 0 Å². The van der Waals surface area contributed by atoms with Crippen molar-refractivity contribution in [2.75, 3.05) is 19.6 Å². The predicted octanol–water partition coefficient (Wildman–Crippen LogP) is 3.41. The molecule has 1 aliphatic heterocycles. The highest BCUT2D eigenvalue weighted by Gasteiger charge is 2.20. The van der Waals surface area contributed by atoms with Crippen molar-refractivity contribution in [2.45, 2.75) is 25.8 Å². The molecule has 1 aliphatic rings. The summed E-state index contributed by atoms with van der Waals surface area (Å²) in [6.45, 7) is 3.64. The van der Waals surface area contributed by atoms with Crippen LogP contribution in [0.1, 0.15) is 31.4 Å². The number of rotatable bonds is 4. The molecule has 1 aromatic rings. The molecule has 1 heterocycles. The number of halogens is 3. The molecule has 0 spiro atoms. The molecule has 1 unspecified atom stereocenters. The zero-order valence-electron chi connectivity index (χ0n) is 11.3. The summed E-state index contributed by atoms with van der Waals surface area (Å²) in [7, 11) is 0. The molecule has 2 rings (SSSR count). The van der Waals surface area contributed by atoms with E-state index in [-0.39, 0.29) is 23.5 Å². The maximum Gasteiger partial charge on any atom is 0.236 e. The first-order valence-electron chi connectivity index (χ1n) is 6.65. The van der Waals surface area contributed by atoms with E-state index in [0.717, 1.165) is 25.9 Å². The second kappa shape index (κ2) is 6.74. The average molecular weight is 319 g/mol. The number of nitrogens with one attached hydrogen (secondary N) is 1. The van der Waals surface area contributed by atoms with E-state index in [4.69, 9.17) is 23.2 Å². The molecule has 6 heteroatoms. The number of hydrogen-bond acceptors (Lipinski definition) is 2. The zero-order valence-corrected chi connectivity index (χ0v) is 12.8. The Morgan fingerprint density at radius 1 is 1.40 bits per heavy atom. The van der Waals surface area contributed by atoms with Gasteiger partial charge in [0.05, 0.1) is 11.6 Å². The molecule has 1 fully saturated rings. The van der Waals surface area contributed by atoms with Crippen molar-refractivity contribution in [3.05, 3.63) is 33.6 Å². The Hall–Kier alpha value is -0.840. The topological polar surface area (TPSA) is 32.3 Å². The molecule has 1 N–H and O–H groups in total. The third kappa shape index (κ3) is 3.43. The largest absolute Gasteiger partial charge is 0.342 e. The molecular weight excluding hydrogens is 302 g/mol. The monoisotopic (exact) mass is 318 g/mol. The van der Waals surface area contributed by atoms with Gasteiger partial charge in [-0.2, -0.15) is 0 Å². The fraction of sp³-hybridized carbons (Fsp3) is 0.500. The van der Waals surface area contributed by atoms with Gasteiger partial charge in [0.1, 0.15) is 5.82 Å². The van der Waals surface area contributed by atoms with Crippen LogP contribution >= 0.6 is 23.2 Å². The molecular formula is C14H17Cl2FN2O. The molecule has 0 aromatic heterocycles. The predicted molar refractivity (Wildman–Crippen MR) is 78.7 cm³/mol. The Balaban J connectivity index is 2.00. The molecule has 1 amide bonds. The SMILES string of the molecule is CC(NCC(=O)N1CCCC1)c1c(Cl)ccc(F)c1Cl. The maximum atomic E-state index is 13.5. The number of hydrogen-bond donors (Lipinski definition) is 1. The van der Waals surface area contributed by atoms with E-state index in [1.807, 2.05) is 11.8 Å². The molecule has 0 aliphatic carbocycles. The second-order valence-electron chi connectivity index (χ2n) is 4.95. The molecule has 0 radical (unpaired) electrons. The van der Waals surface area contributed by atoms with Crippen LogP contribution in [0.2, 0.25) is 10.0 Å². The number of amides is 1. The van der Waals surface area contributed by atoms with Gasteiger partial charge in [0.2, 0.25) is 5.91 Å². The lowest BCUT2D eigenvalue weighted by molar-refractivity contribution is -0.129. The highest BCUT2D eigenvalue weighted by Crippen LogP contribution is 2.32. The average Bonchev–Trinajstić information content (AvgIpc) is 2.95. The van der Waals surface area contributed by atoms with Crippen molar-refractivity contribution in [1.29, 1.82) is 0 Å². The first-order valence-corrected chi connectivity index (χ1v) is 7.41. The smallest absolute Gasteiger partial charge is 0.236 e. The van der Waals surface area contributed by atoms with Gasteiger partial charge in [0.25, 0.3) is 0 Å². The minimum absolute atomic E-state index is 0.00567. The Labute approximate surface area is 128 Å². The molecule has 20 heavy (non-hydrogen) atoms. The van der Waals surface area contributed by atoms with Gasteiger partial charge in [-0.05, 0) is 31.9 Å². The van der Waals surface area contributed by atoms with Crippen molar-refractivity contribution >= 4 is 29.1 Å². The summed E-state index contributed by atoms with van der Waals surface area (Å²) in [5, 5.41) is 3.46. The van der Waals surface area contributed by atoms with Crippen LogP contribution < -0.4 is 5.32 Å². The number of nitrogens with zero attached hydrogens (tertiary/aromatic N) is 1. The van der Waals surface area contributed by atoms with Crippen LogP contribution in [0, 0.1) is 5.82 Å². The normalized spacial score (nSPS) is 16.5. The van der Waals surface area contributed by atoms with E-state index in [1.54, 1.807) is 0 Å². The lowest BCUT2D eigenvalue weighted by Gasteiger charge is -2.20. The quantitative estimate of drug-likeness (QED) is 0.863. The van der Waals surface area contributed by atoms with Crippen LogP contribution in [-0.2, 0) is 4.79 Å². The highest BCUT2D eigenvalue weighted by atomic mass is 35.5. The lowest BCUT2D eigenvalue weighted by atomic mass is 10.1. The fourth-order valence-electron chi connectivity index (χ4n) is 2.36. The maximum absolute atomic E-state index is 13.5. The Kier molecular flexibility index (Phi) is 5.24. The second-order valence-corrected chi connectivity index (χ2v) is 5.73. The van der Waals surface area contributed by atoms with Crippen LogP contribution in [0.5, 0.6) is 0 Å². The van der Waals surface area contributed by atoms with Crippen LogP contribution in [0.4, 0.5) is 4.39 Å². The van der Waals surface area contributed by atoms with Crippen molar-refractivity contribution < 1.29 is 9.18 Å². The fourth-order valence-corrected chi connectivity index (χ4v) is 3.06. The van der Waals surface area contributed by atoms with Crippen molar-refractivity contribution in [3.8, 4) is 0 Å². The summed E-state index contributed by atoms with van der Waals surface area (Å²) < 4.78 is 13.5. The number of likely N-dealkylation sites (tertiary alicyclic amines) is 1. The Morgan fingerprint density at radius 3 is 2.70 bits per heavy atom. The minimum Gasteiger partial charge on any atom is -0.342 e. The van der Waals surface area contributed by atoms with Crippen LogP contribution in [0.3, 0.4) is 0 Å². The lowest BCUT2D eigenvalue weighted by Crippen LogP contribution is -2.37. The van der Waals surface area contributed by atoms with Gasteiger partial charge in [0, 0.05) is 29.7 Å². The van der Waals surface area contributed by atoms with Crippen molar-refractivity contribution in [2.24, 2.45) is 0 Å². The van der Waals surface area contributed by atoms with Gasteiger partial charge < -0.3 is 10.2 Å². The minimum atomic E-state index is -0.509. The van der Waals surface area contributed by atoms with E-state index in [0.29, 0.717) is 10.6 Å². The van der Waals surface area contributed by atoms with E-state index in [1.165, 1.54) is 12.1 Å². The van der Waals surface area contributed by atoms with E-state index in [9.17, 15) is 9.18 Å². The van der Waals surface area contributed by atoms with E-state index >= 15 is 0 Å². The van der Waals surface area contributed by atoms with E-state index < -0.39 is 5.82 Å². The van der Waals surface area contributed by atoms with E-state index in [2.05, 4.69) is 5.32 Å². The van der Waals surface area contributed by atoms with Gasteiger partial charge in [-0.25, -0.2) is 4.39 Å².